The fourth-order valence-electron chi connectivity index (χ4n) is 3.30. The lowest BCUT2D eigenvalue weighted by Gasteiger charge is -2.24. The number of nitrogens with zero attached hydrogens (tertiary/aromatic N) is 4. The number of aromatic nitrogens is 3. The lowest BCUT2D eigenvalue weighted by Crippen LogP contribution is -2.26. The quantitative estimate of drug-likeness (QED) is 0.790. The molecule has 1 unspecified atom stereocenters. The van der Waals surface area contributed by atoms with Crippen molar-refractivity contribution in [3.63, 3.8) is 0 Å². The van der Waals surface area contributed by atoms with Gasteiger partial charge in [-0.3, -0.25) is 4.98 Å². The lowest BCUT2D eigenvalue weighted by atomic mass is 9.93. The summed E-state index contributed by atoms with van der Waals surface area (Å²) in [6.07, 6.45) is 8.22. The number of hydrogen-bond donors (Lipinski definition) is 0. The molecule has 2 aromatic heterocycles. The van der Waals surface area contributed by atoms with Crippen LogP contribution in [0.3, 0.4) is 0 Å². The highest BCUT2D eigenvalue weighted by molar-refractivity contribution is 5.92. The first-order valence-corrected chi connectivity index (χ1v) is 8.36. The number of rotatable bonds is 4. The molecule has 3 heterocycles. The number of pyridine rings is 1. The topological polar surface area (TPSA) is 77.4 Å². The van der Waals surface area contributed by atoms with Crippen molar-refractivity contribution in [3.05, 3.63) is 42.1 Å². The van der Waals surface area contributed by atoms with Crippen molar-refractivity contribution in [3.8, 4) is 5.75 Å². The van der Waals surface area contributed by atoms with E-state index < -0.39 is 5.97 Å². The molecular formula is C18H22N4O3. The molecule has 1 saturated heterocycles. The third kappa shape index (κ3) is 3.70. The van der Waals surface area contributed by atoms with Gasteiger partial charge in [0.15, 0.2) is 17.3 Å². The molecule has 0 saturated carbocycles. The number of anilines is 1. The average Bonchev–Trinajstić information content (AvgIpc) is 2.93. The monoisotopic (exact) mass is 342 g/mol. The normalized spacial score (nSPS) is 17.7. The Labute approximate surface area is 147 Å². The van der Waals surface area contributed by atoms with Crippen LogP contribution in [0.1, 0.15) is 41.2 Å². The fourth-order valence-corrected chi connectivity index (χ4v) is 3.30. The Morgan fingerprint density at radius 1 is 1.16 bits per heavy atom. The molecule has 1 fully saturated rings. The Morgan fingerprint density at radius 2 is 1.96 bits per heavy atom. The molecule has 0 aliphatic carbocycles. The van der Waals surface area contributed by atoms with Gasteiger partial charge in [-0.05, 0) is 42.9 Å². The summed E-state index contributed by atoms with van der Waals surface area (Å²) in [6, 6.07) is 4.17. The third-order valence-electron chi connectivity index (χ3n) is 4.57. The van der Waals surface area contributed by atoms with Gasteiger partial charge < -0.3 is 14.4 Å². The van der Waals surface area contributed by atoms with E-state index in [-0.39, 0.29) is 5.69 Å². The first-order valence-electron chi connectivity index (χ1n) is 8.36. The summed E-state index contributed by atoms with van der Waals surface area (Å²) in [5.74, 6) is 0.996. The standard InChI is InChI=1S/C18H22N4O3/c1-24-16-15(18(23)25-2)20-12-21-17(16)22-10-3-4-13(7-11-22)14-5-8-19-9-6-14/h5-6,8-9,12-13H,3-4,7,10-11H2,1-2H3. The first kappa shape index (κ1) is 17.1. The van der Waals surface area contributed by atoms with Crippen molar-refractivity contribution >= 4 is 11.8 Å². The zero-order valence-corrected chi connectivity index (χ0v) is 14.5. The van der Waals surface area contributed by atoms with Gasteiger partial charge >= 0.3 is 5.97 Å². The van der Waals surface area contributed by atoms with E-state index in [0.29, 0.717) is 17.5 Å². The molecule has 1 atom stereocenters. The summed E-state index contributed by atoms with van der Waals surface area (Å²) >= 11 is 0. The summed E-state index contributed by atoms with van der Waals surface area (Å²) in [5.41, 5.74) is 1.48. The van der Waals surface area contributed by atoms with Crippen LogP contribution in [0.2, 0.25) is 0 Å². The van der Waals surface area contributed by atoms with E-state index in [1.165, 1.54) is 26.1 Å². The molecule has 0 radical (unpaired) electrons. The molecule has 132 valence electrons. The maximum atomic E-state index is 11.9. The largest absolute Gasteiger partial charge is 0.491 e. The Kier molecular flexibility index (Phi) is 5.42. The molecule has 0 aromatic carbocycles. The van der Waals surface area contributed by atoms with Crippen LogP contribution >= 0.6 is 0 Å². The van der Waals surface area contributed by atoms with E-state index in [1.54, 1.807) is 0 Å². The van der Waals surface area contributed by atoms with Gasteiger partial charge in [-0.1, -0.05) is 0 Å². The third-order valence-corrected chi connectivity index (χ3v) is 4.57. The Hall–Kier alpha value is -2.70. The van der Waals surface area contributed by atoms with Crippen molar-refractivity contribution in [1.82, 2.24) is 15.0 Å². The van der Waals surface area contributed by atoms with E-state index in [9.17, 15) is 4.79 Å². The molecule has 0 bridgehead atoms. The molecule has 7 heteroatoms. The van der Waals surface area contributed by atoms with Gasteiger partial charge in [0.25, 0.3) is 0 Å². The number of carbonyl (C=O) groups excluding carboxylic acids is 1. The van der Waals surface area contributed by atoms with Crippen LogP contribution in [0.5, 0.6) is 5.75 Å². The highest BCUT2D eigenvalue weighted by atomic mass is 16.5. The number of ether oxygens (including phenoxy) is 2. The second-order valence-electron chi connectivity index (χ2n) is 5.97. The van der Waals surface area contributed by atoms with Gasteiger partial charge in [0.1, 0.15) is 6.33 Å². The number of hydrogen-bond acceptors (Lipinski definition) is 7. The van der Waals surface area contributed by atoms with Crippen molar-refractivity contribution in [1.29, 1.82) is 0 Å². The lowest BCUT2D eigenvalue weighted by molar-refractivity contribution is 0.0589. The van der Waals surface area contributed by atoms with Gasteiger partial charge in [0.05, 0.1) is 14.2 Å². The van der Waals surface area contributed by atoms with E-state index in [4.69, 9.17) is 9.47 Å². The summed E-state index contributed by atoms with van der Waals surface area (Å²) in [5, 5.41) is 0. The summed E-state index contributed by atoms with van der Waals surface area (Å²) in [4.78, 5) is 26.6. The Balaban J connectivity index is 1.82. The molecule has 3 rings (SSSR count). The average molecular weight is 342 g/mol. The van der Waals surface area contributed by atoms with Crippen molar-refractivity contribution in [2.75, 3.05) is 32.2 Å². The van der Waals surface area contributed by atoms with Crippen LogP contribution in [0.4, 0.5) is 5.82 Å². The zero-order chi connectivity index (χ0) is 17.6. The van der Waals surface area contributed by atoms with Gasteiger partial charge in [-0.2, -0.15) is 0 Å². The fraction of sp³-hybridized carbons (Fsp3) is 0.444. The van der Waals surface area contributed by atoms with E-state index in [1.807, 2.05) is 12.4 Å². The predicted molar refractivity (Wildman–Crippen MR) is 93.0 cm³/mol. The van der Waals surface area contributed by atoms with Crippen molar-refractivity contribution in [2.45, 2.75) is 25.2 Å². The maximum absolute atomic E-state index is 11.9. The maximum Gasteiger partial charge on any atom is 0.360 e. The molecule has 25 heavy (non-hydrogen) atoms. The number of esters is 1. The number of carbonyl (C=O) groups is 1. The second-order valence-corrected chi connectivity index (χ2v) is 5.97. The first-order chi connectivity index (χ1) is 12.2. The van der Waals surface area contributed by atoms with Crippen LogP contribution < -0.4 is 9.64 Å². The summed E-state index contributed by atoms with van der Waals surface area (Å²) < 4.78 is 10.2. The van der Waals surface area contributed by atoms with Gasteiger partial charge in [-0.25, -0.2) is 14.8 Å². The van der Waals surface area contributed by atoms with Crippen LogP contribution in [-0.2, 0) is 4.74 Å². The molecule has 0 amide bonds. The van der Waals surface area contributed by atoms with Gasteiger partial charge in [-0.15, -0.1) is 0 Å². The molecule has 1 aliphatic rings. The van der Waals surface area contributed by atoms with Gasteiger partial charge in [0, 0.05) is 25.5 Å². The minimum absolute atomic E-state index is 0.157. The molecule has 7 nitrogen and oxygen atoms in total. The molecule has 0 N–H and O–H groups in total. The predicted octanol–water partition coefficient (Wildman–Crippen LogP) is 2.44. The Morgan fingerprint density at radius 3 is 2.68 bits per heavy atom. The van der Waals surface area contributed by atoms with Crippen LogP contribution in [0.15, 0.2) is 30.9 Å². The summed E-state index contributed by atoms with van der Waals surface area (Å²) in [6.45, 7) is 1.69. The smallest absolute Gasteiger partial charge is 0.360 e. The minimum atomic E-state index is -0.523. The van der Waals surface area contributed by atoms with Gasteiger partial charge in [0.2, 0.25) is 0 Å². The van der Waals surface area contributed by atoms with Crippen LogP contribution in [0.25, 0.3) is 0 Å². The highest BCUT2D eigenvalue weighted by Crippen LogP contribution is 2.33. The molecule has 2 aromatic rings. The Bertz CT molecular complexity index is 724. The minimum Gasteiger partial charge on any atom is -0.491 e. The second kappa shape index (κ2) is 7.92. The number of methoxy groups -OCH3 is 2. The zero-order valence-electron chi connectivity index (χ0n) is 14.5. The molecule has 1 aliphatic heterocycles. The van der Waals surface area contributed by atoms with Crippen molar-refractivity contribution < 1.29 is 14.3 Å². The van der Waals surface area contributed by atoms with Crippen LogP contribution in [0, 0.1) is 0 Å². The van der Waals surface area contributed by atoms with Crippen molar-refractivity contribution in [2.24, 2.45) is 0 Å². The van der Waals surface area contributed by atoms with Crippen LogP contribution in [-0.4, -0.2) is 48.2 Å². The molecule has 0 spiro atoms. The SMILES string of the molecule is COC(=O)c1ncnc(N2CCCC(c3ccncc3)CC2)c1OC. The molecular weight excluding hydrogens is 320 g/mol. The van der Waals surface area contributed by atoms with E-state index in [2.05, 4.69) is 32.0 Å². The van der Waals surface area contributed by atoms with E-state index >= 15 is 0 Å². The summed E-state index contributed by atoms with van der Waals surface area (Å²) in [7, 11) is 2.85. The van der Waals surface area contributed by atoms with E-state index in [0.717, 1.165) is 32.4 Å². The highest BCUT2D eigenvalue weighted by Gasteiger charge is 2.25.